The van der Waals surface area contributed by atoms with E-state index in [4.69, 9.17) is 0 Å². The highest BCUT2D eigenvalue weighted by molar-refractivity contribution is 5.98. The fraction of sp³-hybridized carbons (Fsp3) is 0.333. The Balaban J connectivity index is 1.56. The zero-order valence-electron chi connectivity index (χ0n) is 20.2. The first-order valence-corrected chi connectivity index (χ1v) is 12.1. The molecule has 0 aliphatic carbocycles. The molecule has 2 heterocycles. The topological polar surface area (TPSA) is 108 Å². The smallest absolute Gasteiger partial charge is 0.274 e. The van der Waals surface area contributed by atoms with E-state index in [0.29, 0.717) is 30.2 Å². The van der Waals surface area contributed by atoms with E-state index < -0.39 is 0 Å². The van der Waals surface area contributed by atoms with Gasteiger partial charge in [-0.1, -0.05) is 49.4 Å². The molecule has 0 saturated carbocycles. The summed E-state index contributed by atoms with van der Waals surface area (Å²) in [6.07, 6.45) is 3.33. The van der Waals surface area contributed by atoms with Crippen molar-refractivity contribution >= 4 is 17.6 Å². The van der Waals surface area contributed by atoms with Crippen molar-refractivity contribution < 1.29 is 9.59 Å². The Labute approximate surface area is 206 Å². The monoisotopic (exact) mass is 472 g/mol. The van der Waals surface area contributed by atoms with E-state index in [1.165, 1.54) is 0 Å². The first kappa shape index (κ1) is 24.3. The minimum absolute atomic E-state index is 0.176. The molecule has 8 heteroatoms. The maximum Gasteiger partial charge on any atom is 0.274 e. The third-order valence-electron chi connectivity index (χ3n) is 6.35. The number of nitrogens with one attached hydrogen (secondary N) is 4. The molecule has 8 nitrogen and oxygen atoms in total. The molecule has 1 aromatic heterocycles. The lowest BCUT2D eigenvalue weighted by Crippen LogP contribution is -2.50. The first-order valence-electron chi connectivity index (χ1n) is 12.1. The minimum Gasteiger partial charge on any atom is -0.368 e. The predicted molar refractivity (Wildman–Crippen MR) is 137 cm³/mol. The summed E-state index contributed by atoms with van der Waals surface area (Å²) in [5.74, 6) is 0.0184. The van der Waals surface area contributed by atoms with Crippen molar-refractivity contribution in [3.8, 4) is 11.3 Å². The van der Waals surface area contributed by atoms with Crippen molar-refractivity contribution in [2.75, 3.05) is 25.0 Å². The summed E-state index contributed by atoms with van der Waals surface area (Å²) in [5, 5.41) is 12.6. The van der Waals surface area contributed by atoms with Crippen LogP contribution in [0.25, 0.3) is 11.3 Å². The van der Waals surface area contributed by atoms with E-state index in [-0.39, 0.29) is 23.0 Å². The largest absolute Gasteiger partial charge is 0.368 e. The van der Waals surface area contributed by atoms with Crippen LogP contribution < -0.4 is 21.3 Å². The van der Waals surface area contributed by atoms with Gasteiger partial charge in [0.25, 0.3) is 11.8 Å². The molecule has 2 aromatic carbocycles. The van der Waals surface area contributed by atoms with E-state index >= 15 is 0 Å². The average Bonchev–Trinajstić information content (AvgIpc) is 3.37. The summed E-state index contributed by atoms with van der Waals surface area (Å²) in [4.78, 5) is 35.2. The average molecular weight is 473 g/mol. The Bertz CT molecular complexity index is 1180. The molecule has 3 aromatic rings. The molecule has 1 atom stereocenters. The van der Waals surface area contributed by atoms with Crippen LogP contribution in [0.4, 0.5) is 5.82 Å². The second-order valence-electron chi connectivity index (χ2n) is 8.75. The molecular weight excluding hydrogens is 440 g/mol. The molecule has 0 radical (unpaired) electrons. The molecule has 1 saturated heterocycles. The Morgan fingerprint density at radius 3 is 2.60 bits per heavy atom. The number of benzene rings is 2. The summed E-state index contributed by atoms with van der Waals surface area (Å²) in [6.45, 7) is 6.70. The van der Waals surface area contributed by atoms with Gasteiger partial charge in [0, 0.05) is 30.8 Å². The lowest BCUT2D eigenvalue weighted by atomic mass is 9.95. The van der Waals surface area contributed by atoms with Gasteiger partial charge in [0.2, 0.25) is 0 Å². The SMILES string of the molecule is CCNc1ncc(-c2cccc(C(=O)NCc3ccccc3)c2)nc1C(=O)N[C@@]1(CC)CCNC1. The summed E-state index contributed by atoms with van der Waals surface area (Å²) in [5.41, 5.74) is 2.76. The second-order valence-corrected chi connectivity index (χ2v) is 8.75. The maximum atomic E-state index is 13.3. The molecular formula is C27H32N6O2. The number of amides is 2. The van der Waals surface area contributed by atoms with Crippen LogP contribution in [0.1, 0.15) is 53.1 Å². The maximum absolute atomic E-state index is 13.3. The number of nitrogens with zero attached hydrogens (tertiary/aromatic N) is 2. The Morgan fingerprint density at radius 1 is 1.06 bits per heavy atom. The summed E-state index contributed by atoms with van der Waals surface area (Å²) in [6, 6.07) is 17.0. The highest BCUT2D eigenvalue weighted by Crippen LogP contribution is 2.23. The molecule has 0 unspecified atom stereocenters. The summed E-state index contributed by atoms with van der Waals surface area (Å²) >= 11 is 0. The van der Waals surface area contributed by atoms with Gasteiger partial charge >= 0.3 is 0 Å². The van der Waals surface area contributed by atoms with Crippen LogP contribution in [0, 0.1) is 0 Å². The Hall–Kier alpha value is -3.78. The Morgan fingerprint density at radius 2 is 1.89 bits per heavy atom. The van der Waals surface area contributed by atoms with E-state index in [2.05, 4.69) is 38.2 Å². The third kappa shape index (κ3) is 5.84. The molecule has 0 spiro atoms. The molecule has 0 bridgehead atoms. The van der Waals surface area contributed by atoms with Crippen LogP contribution in [0.5, 0.6) is 0 Å². The zero-order valence-corrected chi connectivity index (χ0v) is 20.2. The van der Waals surface area contributed by atoms with E-state index in [1.807, 2.05) is 49.4 Å². The highest BCUT2D eigenvalue weighted by atomic mass is 16.2. The van der Waals surface area contributed by atoms with Crippen LogP contribution in [0.15, 0.2) is 60.8 Å². The lowest BCUT2D eigenvalue weighted by Gasteiger charge is -2.28. The molecule has 1 aliphatic rings. The van der Waals surface area contributed by atoms with Gasteiger partial charge in [-0.3, -0.25) is 9.59 Å². The number of hydrogen-bond donors (Lipinski definition) is 4. The van der Waals surface area contributed by atoms with E-state index in [9.17, 15) is 9.59 Å². The van der Waals surface area contributed by atoms with Crippen LogP contribution in [0.2, 0.25) is 0 Å². The quantitative estimate of drug-likeness (QED) is 0.380. The normalized spacial score (nSPS) is 17.1. The molecule has 1 fully saturated rings. The number of carbonyl (C=O) groups excluding carboxylic acids is 2. The first-order chi connectivity index (χ1) is 17.0. The van der Waals surface area contributed by atoms with Crippen molar-refractivity contribution in [3.63, 3.8) is 0 Å². The van der Waals surface area contributed by atoms with Crippen LogP contribution in [0.3, 0.4) is 0 Å². The molecule has 4 N–H and O–H groups in total. The summed E-state index contributed by atoms with van der Waals surface area (Å²) in [7, 11) is 0. The van der Waals surface area contributed by atoms with Crippen molar-refractivity contribution in [1.29, 1.82) is 0 Å². The van der Waals surface area contributed by atoms with Gasteiger partial charge < -0.3 is 21.3 Å². The van der Waals surface area contributed by atoms with Gasteiger partial charge in [0.05, 0.1) is 17.4 Å². The fourth-order valence-corrected chi connectivity index (χ4v) is 4.22. The second kappa shape index (κ2) is 11.1. The number of rotatable bonds is 9. The van der Waals surface area contributed by atoms with Gasteiger partial charge in [-0.05, 0) is 44.0 Å². The van der Waals surface area contributed by atoms with Crippen molar-refractivity contribution in [2.45, 2.75) is 38.8 Å². The van der Waals surface area contributed by atoms with Crippen molar-refractivity contribution in [1.82, 2.24) is 25.9 Å². The van der Waals surface area contributed by atoms with Gasteiger partial charge in [-0.15, -0.1) is 0 Å². The highest BCUT2D eigenvalue weighted by Gasteiger charge is 2.34. The number of carbonyl (C=O) groups is 2. The Kier molecular flexibility index (Phi) is 7.72. The summed E-state index contributed by atoms with van der Waals surface area (Å²) < 4.78 is 0. The van der Waals surface area contributed by atoms with Crippen molar-refractivity contribution in [2.24, 2.45) is 0 Å². The van der Waals surface area contributed by atoms with Gasteiger partial charge in [0.1, 0.15) is 0 Å². The molecule has 4 rings (SSSR count). The van der Waals surface area contributed by atoms with Crippen LogP contribution >= 0.6 is 0 Å². The molecule has 2 amide bonds. The molecule has 1 aliphatic heterocycles. The van der Waals surface area contributed by atoms with Gasteiger partial charge in [0.15, 0.2) is 11.5 Å². The van der Waals surface area contributed by atoms with Crippen molar-refractivity contribution in [3.05, 3.63) is 77.6 Å². The minimum atomic E-state index is -0.283. The zero-order chi connectivity index (χ0) is 24.7. The molecule has 35 heavy (non-hydrogen) atoms. The van der Waals surface area contributed by atoms with E-state index in [1.54, 1.807) is 18.3 Å². The van der Waals surface area contributed by atoms with Crippen LogP contribution in [-0.2, 0) is 6.54 Å². The predicted octanol–water partition coefficient (Wildman–Crippen LogP) is 3.38. The lowest BCUT2D eigenvalue weighted by molar-refractivity contribution is 0.0897. The van der Waals surface area contributed by atoms with Crippen LogP contribution in [-0.4, -0.2) is 47.0 Å². The molecule has 182 valence electrons. The fourth-order valence-electron chi connectivity index (χ4n) is 4.22. The number of hydrogen-bond acceptors (Lipinski definition) is 6. The number of aromatic nitrogens is 2. The van der Waals surface area contributed by atoms with E-state index in [0.717, 1.165) is 37.1 Å². The third-order valence-corrected chi connectivity index (χ3v) is 6.35. The van der Waals surface area contributed by atoms with Gasteiger partial charge in [-0.2, -0.15) is 0 Å². The number of anilines is 1. The standard InChI is InChI=1S/C27H32N6O2/c1-3-27(13-14-28-18-27)33-26(35)23-24(29-4-2)30-17-22(32-23)20-11-8-12-21(15-20)25(34)31-16-19-9-6-5-7-10-19/h5-12,15,17,28H,3-4,13-14,16,18H2,1-2H3,(H,29,30)(H,31,34)(H,33,35)/t27-/m0/s1. The van der Waals surface area contributed by atoms with Gasteiger partial charge in [-0.25, -0.2) is 9.97 Å².